The Balaban J connectivity index is 2.38. The molecule has 0 unspecified atom stereocenters. The number of Topliss-reactive ketones (excluding diaryl/α,β-unsaturated/α-hetero) is 1. The molecule has 0 amide bonds. The first-order valence-electron chi connectivity index (χ1n) is 7.59. The van der Waals surface area contributed by atoms with Gasteiger partial charge in [-0.25, -0.2) is 4.79 Å². The molecule has 7 heteroatoms. The van der Waals surface area contributed by atoms with Crippen LogP contribution in [0.1, 0.15) is 37.0 Å². The molecule has 122 valence electrons. The van der Waals surface area contributed by atoms with Gasteiger partial charge in [0, 0.05) is 14.1 Å². The molecular weight excluding hydrogens is 284 g/mol. The molecule has 1 aromatic heterocycles. The number of aromatic nitrogens is 2. The van der Waals surface area contributed by atoms with E-state index >= 15 is 0 Å². The Bertz CT molecular complexity index is 696. The van der Waals surface area contributed by atoms with E-state index in [1.807, 2.05) is 0 Å². The molecule has 0 radical (unpaired) electrons. The van der Waals surface area contributed by atoms with Crippen LogP contribution in [0.3, 0.4) is 0 Å². The monoisotopic (exact) mass is 308 g/mol. The maximum atomic E-state index is 12.7. The second-order valence-electron chi connectivity index (χ2n) is 6.22. The van der Waals surface area contributed by atoms with Crippen molar-refractivity contribution >= 4 is 11.6 Å². The minimum Gasteiger partial charge on any atom is -0.384 e. The molecule has 0 aromatic carbocycles. The first-order chi connectivity index (χ1) is 10.3. The lowest BCUT2D eigenvalue weighted by molar-refractivity contribution is 0.0777. The Morgan fingerprint density at radius 2 is 1.73 bits per heavy atom. The highest BCUT2D eigenvalue weighted by Crippen LogP contribution is 2.20. The molecule has 0 saturated carbocycles. The molecule has 7 nitrogen and oxygen atoms in total. The lowest BCUT2D eigenvalue weighted by atomic mass is 9.96. The average Bonchev–Trinajstić information content (AvgIpc) is 2.51. The van der Waals surface area contributed by atoms with Crippen LogP contribution in [0.25, 0.3) is 0 Å². The highest BCUT2D eigenvalue weighted by atomic mass is 16.2. The van der Waals surface area contributed by atoms with E-state index in [2.05, 4.69) is 11.8 Å². The molecule has 1 aliphatic heterocycles. The number of hydrogen-bond donors (Lipinski definition) is 1. The number of rotatable bonds is 3. The van der Waals surface area contributed by atoms with Crippen molar-refractivity contribution in [1.82, 2.24) is 14.0 Å². The van der Waals surface area contributed by atoms with Gasteiger partial charge in [-0.2, -0.15) is 0 Å². The normalized spacial score (nSPS) is 18.4. The van der Waals surface area contributed by atoms with Crippen LogP contribution in [-0.2, 0) is 14.1 Å². The number of ketones is 1. The number of likely N-dealkylation sites (tertiary alicyclic amines) is 1. The van der Waals surface area contributed by atoms with Gasteiger partial charge in [0.25, 0.3) is 5.56 Å². The number of anilines is 1. The summed E-state index contributed by atoms with van der Waals surface area (Å²) >= 11 is 0. The topological polar surface area (TPSA) is 90.3 Å². The maximum absolute atomic E-state index is 12.7. The first-order valence-corrected chi connectivity index (χ1v) is 7.59. The average molecular weight is 308 g/mol. The third-order valence-electron chi connectivity index (χ3n) is 4.70. The molecule has 2 rings (SSSR count). The molecular formula is C15H24N4O3. The Morgan fingerprint density at radius 3 is 2.27 bits per heavy atom. The van der Waals surface area contributed by atoms with Gasteiger partial charge in [0.1, 0.15) is 11.4 Å². The summed E-state index contributed by atoms with van der Waals surface area (Å²) in [5.74, 6) is 0.285. The molecule has 1 fully saturated rings. The molecule has 0 aliphatic carbocycles. The van der Waals surface area contributed by atoms with Crippen LogP contribution >= 0.6 is 0 Å². The zero-order valence-corrected chi connectivity index (χ0v) is 13.6. The van der Waals surface area contributed by atoms with Crippen LogP contribution in [0, 0.1) is 5.92 Å². The smallest absolute Gasteiger partial charge is 0.332 e. The van der Waals surface area contributed by atoms with Crippen molar-refractivity contribution in [2.45, 2.75) is 32.7 Å². The van der Waals surface area contributed by atoms with Gasteiger partial charge in [0.05, 0.1) is 6.04 Å². The van der Waals surface area contributed by atoms with Crippen molar-refractivity contribution in [3.8, 4) is 0 Å². The van der Waals surface area contributed by atoms with Crippen molar-refractivity contribution in [3.05, 3.63) is 26.4 Å². The van der Waals surface area contributed by atoms with Gasteiger partial charge >= 0.3 is 5.69 Å². The van der Waals surface area contributed by atoms with Crippen LogP contribution in [0.4, 0.5) is 5.82 Å². The summed E-state index contributed by atoms with van der Waals surface area (Å²) in [5, 5.41) is 0. The van der Waals surface area contributed by atoms with Crippen LogP contribution < -0.4 is 17.0 Å². The Morgan fingerprint density at radius 1 is 1.18 bits per heavy atom. The van der Waals surface area contributed by atoms with Crippen LogP contribution in [-0.4, -0.2) is 38.9 Å². The molecule has 1 aliphatic rings. The van der Waals surface area contributed by atoms with Gasteiger partial charge in [-0.1, -0.05) is 6.92 Å². The third kappa shape index (κ3) is 2.72. The summed E-state index contributed by atoms with van der Waals surface area (Å²) in [7, 11) is 2.81. The Kier molecular flexibility index (Phi) is 4.55. The fourth-order valence-corrected chi connectivity index (χ4v) is 2.88. The van der Waals surface area contributed by atoms with E-state index in [-0.39, 0.29) is 17.2 Å². The van der Waals surface area contributed by atoms with Crippen molar-refractivity contribution in [3.63, 3.8) is 0 Å². The first kappa shape index (κ1) is 16.5. The lowest BCUT2D eigenvalue weighted by Gasteiger charge is -2.34. The second kappa shape index (κ2) is 6.08. The van der Waals surface area contributed by atoms with E-state index < -0.39 is 17.3 Å². The van der Waals surface area contributed by atoms with Crippen molar-refractivity contribution in [1.29, 1.82) is 0 Å². The molecule has 22 heavy (non-hydrogen) atoms. The standard InChI is InChI=1S/C15H24N4O3/c1-9-5-7-19(8-6-9)10(2)12(20)11-13(16)17(3)15(22)18(4)14(11)21/h9-10H,5-8,16H2,1-4H3/t10-/m1/s1. The second-order valence-corrected chi connectivity index (χ2v) is 6.22. The van der Waals surface area contributed by atoms with E-state index in [1.165, 1.54) is 14.1 Å². The molecule has 2 heterocycles. The van der Waals surface area contributed by atoms with Gasteiger partial charge < -0.3 is 5.73 Å². The van der Waals surface area contributed by atoms with Crippen LogP contribution in [0.15, 0.2) is 9.59 Å². The van der Waals surface area contributed by atoms with Gasteiger partial charge in [0.2, 0.25) is 0 Å². The van der Waals surface area contributed by atoms with E-state index in [1.54, 1.807) is 6.92 Å². The SMILES string of the molecule is CC1CCN([C@H](C)C(=O)c2c(N)n(C)c(=O)n(C)c2=O)CC1. The summed E-state index contributed by atoms with van der Waals surface area (Å²) in [5.41, 5.74) is 4.61. The highest BCUT2D eigenvalue weighted by molar-refractivity contribution is 6.03. The van der Waals surface area contributed by atoms with Gasteiger partial charge in [-0.3, -0.25) is 23.6 Å². The summed E-state index contributed by atoms with van der Waals surface area (Å²) < 4.78 is 2.06. The molecule has 1 saturated heterocycles. The van der Waals surface area contributed by atoms with Crippen molar-refractivity contribution in [2.24, 2.45) is 20.0 Å². The van der Waals surface area contributed by atoms with E-state index in [0.717, 1.165) is 35.1 Å². The molecule has 0 spiro atoms. The molecule has 0 bridgehead atoms. The quantitative estimate of drug-likeness (QED) is 0.792. The molecule has 2 N–H and O–H groups in total. The fraction of sp³-hybridized carbons (Fsp3) is 0.667. The fourth-order valence-electron chi connectivity index (χ4n) is 2.88. The minimum atomic E-state index is -0.622. The van der Waals surface area contributed by atoms with E-state index in [9.17, 15) is 14.4 Å². The Labute approximate surface area is 129 Å². The van der Waals surface area contributed by atoms with Crippen LogP contribution in [0.2, 0.25) is 0 Å². The zero-order chi connectivity index (χ0) is 16.6. The summed E-state index contributed by atoms with van der Waals surface area (Å²) in [6, 6.07) is -0.417. The number of hydrogen-bond acceptors (Lipinski definition) is 5. The summed E-state index contributed by atoms with van der Waals surface area (Å²) in [4.78, 5) is 38.9. The number of nitrogen functional groups attached to an aromatic ring is 1. The number of carbonyl (C=O) groups excluding carboxylic acids is 1. The lowest BCUT2D eigenvalue weighted by Crippen LogP contribution is -2.48. The summed E-state index contributed by atoms with van der Waals surface area (Å²) in [6.45, 7) is 5.66. The number of piperidine rings is 1. The number of carbonyl (C=O) groups is 1. The van der Waals surface area contributed by atoms with E-state index in [4.69, 9.17) is 5.73 Å². The van der Waals surface area contributed by atoms with Gasteiger partial charge in [0.15, 0.2) is 5.78 Å². The van der Waals surface area contributed by atoms with Gasteiger partial charge in [-0.15, -0.1) is 0 Å². The van der Waals surface area contributed by atoms with Crippen molar-refractivity contribution in [2.75, 3.05) is 18.8 Å². The van der Waals surface area contributed by atoms with Crippen LogP contribution in [0.5, 0.6) is 0 Å². The largest absolute Gasteiger partial charge is 0.384 e. The number of nitrogens with two attached hydrogens (primary N) is 1. The third-order valence-corrected chi connectivity index (χ3v) is 4.70. The van der Waals surface area contributed by atoms with E-state index in [0.29, 0.717) is 5.92 Å². The minimum absolute atomic E-state index is 0.0599. The number of nitrogens with zero attached hydrogens (tertiary/aromatic N) is 3. The van der Waals surface area contributed by atoms with Crippen molar-refractivity contribution < 1.29 is 4.79 Å². The molecule has 1 atom stereocenters. The highest BCUT2D eigenvalue weighted by Gasteiger charge is 2.30. The molecule has 1 aromatic rings. The zero-order valence-electron chi connectivity index (χ0n) is 13.6. The summed E-state index contributed by atoms with van der Waals surface area (Å²) in [6.07, 6.45) is 2.08. The maximum Gasteiger partial charge on any atom is 0.332 e. The Hall–Kier alpha value is -1.89. The van der Waals surface area contributed by atoms with Gasteiger partial charge in [-0.05, 0) is 38.8 Å². The predicted octanol–water partition coefficient (Wildman–Crippen LogP) is -0.0307. The predicted molar refractivity (Wildman–Crippen MR) is 85.1 cm³/mol.